The molecule has 0 aliphatic heterocycles. The monoisotopic (exact) mass is 292 g/mol. The Hall–Kier alpha value is -0.630. The van der Waals surface area contributed by atoms with E-state index in [2.05, 4.69) is 4.72 Å². The van der Waals surface area contributed by atoms with E-state index in [1.807, 2.05) is 13.2 Å². The highest BCUT2D eigenvalue weighted by atomic mass is 32.2. The van der Waals surface area contributed by atoms with Gasteiger partial charge in [0.2, 0.25) is 10.0 Å². The van der Waals surface area contributed by atoms with Crippen molar-refractivity contribution < 1.29 is 12.8 Å². The summed E-state index contributed by atoms with van der Waals surface area (Å²) in [6.45, 7) is 2.32. The van der Waals surface area contributed by atoms with Crippen LogP contribution in [0.5, 0.6) is 0 Å². The van der Waals surface area contributed by atoms with Crippen LogP contribution in [0.4, 0.5) is 4.39 Å². The molecule has 18 heavy (non-hydrogen) atoms. The van der Waals surface area contributed by atoms with Gasteiger partial charge in [-0.1, -0.05) is 13.0 Å². The molecule has 0 radical (unpaired) electrons. The van der Waals surface area contributed by atoms with Crippen molar-refractivity contribution in [2.45, 2.75) is 23.6 Å². The van der Waals surface area contributed by atoms with Crippen molar-refractivity contribution in [3.8, 4) is 0 Å². The maximum atomic E-state index is 13.5. The molecule has 1 rings (SSSR count). The number of hydrogen-bond acceptors (Lipinski definition) is 4. The summed E-state index contributed by atoms with van der Waals surface area (Å²) in [5, 5.41) is 0.125. The van der Waals surface area contributed by atoms with Gasteiger partial charge in [-0.25, -0.2) is 17.5 Å². The van der Waals surface area contributed by atoms with Crippen molar-refractivity contribution in [3.05, 3.63) is 29.6 Å². The van der Waals surface area contributed by atoms with Gasteiger partial charge in [0.15, 0.2) is 0 Å². The number of sulfonamides is 1. The summed E-state index contributed by atoms with van der Waals surface area (Å²) in [6.07, 6.45) is 1.88. The predicted octanol–water partition coefficient (Wildman–Crippen LogP) is 1.31. The van der Waals surface area contributed by atoms with E-state index >= 15 is 0 Å². The van der Waals surface area contributed by atoms with Crippen LogP contribution in [0.25, 0.3) is 0 Å². The van der Waals surface area contributed by atoms with Crippen LogP contribution in [0.3, 0.4) is 0 Å². The Morgan fingerprint density at radius 1 is 1.50 bits per heavy atom. The molecule has 1 aromatic rings. The van der Waals surface area contributed by atoms with Gasteiger partial charge in [-0.3, -0.25) is 0 Å². The van der Waals surface area contributed by atoms with Gasteiger partial charge in [0.05, 0.1) is 0 Å². The van der Waals surface area contributed by atoms with Gasteiger partial charge in [0, 0.05) is 18.3 Å². The van der Waals surface area contributed by atoms with E-state index in [0.717, 1.165) is 6.07 Å². The number of thioether (sulfide) groups is 1. The highest BCUT2D eigenvalue weighted by molar-refractivity contribution is 7.99. The normalized spacial score (nSPS) is 13.6. The van der Waals surface area contributed by atoms with Gasteiger partial charge in [-0.15, -0.1) is 0 Å². The fourth-order valence-corrected chi connectivity index (χ4v) is 2.88. The van der Waals surface area contributed by atoms with E-state index in [0.29, 0.717) is 5.56 Å². The minimum absolute atomic E-state index is 0.125. The summed E-state index contributed by atoms with van der Waals surface area (Å²) in [6, 6.07) is 3.86. The molecule has 0 saturated heterocycles. The fraction of sp³-hybridized carbons (Fsp3) is 0.455. The lowest BCUT2D eigenvalue weighted by atomic mass is 10.2. The first-order chi connectivity index (χ1) is 8.40. The lowest BCUT2D eigenvalue weighted by Gasteiger charge is -2.11. The summed E-state index contributed by atoms with van der Waals surface area (Å²) in [5.74, 6) is -0.767. The predicted molar refractivity (Wildman–Crippen MR) is 72.5 cm³/mol. The van der Waals surface area contributed by atoms with Crippen molar-refractivity contribution in [2.24, 2.45) is 5.73 Å². The molecule has 0 aromatic heterocycles. The molecule has 0 heterocycles. The van der Waals surface area contributed by atoms with Gasteiger partial charge in [-0.05, 0) is 24.0 Å². The van der Waals surface area contributed by atoms with Crippen LogP contribution in [0.1, 0.15) is 12.5 Å². The van der Waals surface area contributed by atoms with Crippen molar-refractivity contribution >= 4 is 21.8 Å². The summed E-state index contributed by atoms with van der Waals surface area (Å²) < 4.78 is 39.8. The molecule has 1 unspecified atom stereocenters. The molecule has 4 nitrogen and oxygen atoms in total. The molecule has 0 bridgehead atoms. The van der Waals surface area contributed by atoms with Gasteiger partial charge in [-0.2, -0.15) is 11.8 Å². The van der Waals surface area contributed by atoms with E-state index in [1.54, 1.807) is 0 Å². The molecule has 0 saturated carbocycles. The van der Waals surface area contributed by atoms with Crippen molar-refractivity contribution in [1.29, 1.82) is 0 Å². The van der Waals surface area contributed by atoms with E-state index in [4.69, 9.17) is 5.73 Å². The highest BCUT2D eigenvalue weighted by Gasteiger charge is 2.19. The topological polar surface area (TPSA) is 72.2 Å². The Balaban J connectivity index is 2.97. The molecule has 0 fully saturated rings. The zero-order valence-corrected chi connectivity index (χ0v) is 11.9. The number of rotatable bonds is 6. The second-order valence-corrected chi connectivity index (χ2v) is 6.88. The van der Waals surface area contributed by atoms with Gasteiger partial charge >= 0.3 is 0 Å². The second-order valence-electron chi connectivity index (χ2n) is 3.87. The highest BCUT2D eigenvalue weighted by Crippen LogP contribution is 2.16. The van der Waals surface area contributed by atoms with E-state index in [1.165, 1.54) is 23.9 Å². The van der Waals surface area contributed by atoms with E-state index < -0.39 is 15.8 Å². The minimum atomic E-state index is -3.82. The molecular formula is C11H17FN2O2S2. The molecule has 0 amide bonds. The Labute approximate surface area is 111 Å². The van der Waals surface area contributed by atoms with Crippen LogP contribution < -0.4 is 10.5 Å². The molecule has 0 spiro atoms. The zero-order chi connectivity index (χ0) is 13.8. The lowest BCUT2D eigenvalue weighted by Crippen LogP contribution is -2.30. The molecule has 7 heteroatoms. The van der Waals surface area contributed by atoms with Crippen molar-refractivity contribution in [3.63, 3.8) is 0 Å². The van der Waals surface area contributed by atoms with E-state index in [-0.39, 0.29) is 23.2 Å². The zero-order valence-electron chi connectivity index (χ0n) is 10.3. The third-order valence-electron chi connectivity index (χ3n) is 2.48. The lowest BCUT2D eigenvalue weighted by molar-refractivity contribution is 0.556. The van der Waals surface area contributed by atoms with Gasteiger partial charge in [0.25, 0.3) is 0 Å². The van der Waals surface area contributed by atoms with Crippen LogP contribution in [0.2, 0.25) is 0 Å². The van der Waals surface area contributed by atoms with Crippen LogP contribution in [0, 0.1) is 5.82 Å². The third-order valence-corrected chi connectivity index (χ3v) is 4.89. The quantitative estimate of drug-likeness (QED) is 0.829. The first-order valence-corrected chi connectivity index (χ1v) is 8.18. The Bertz CT molecular complexity index is 506. The summed E-state index contributed by atoms with van der Waals surface area (Å²) in [4.78, 5) is -0.348. The maximum absolute atomic E-state index is 13.5. The molecule has 3 N–H and O–H groups in total. The van der Waals surface area contributed by atoms with E-state index in [9.17, 15) is 12.8 Å². The van der Waals surface area contributed by atoms with Crippen LogP contribution in [-0.2, 0) is 16.6 Å². The molecule has 1 atom stereocenters. The van der Waals surface area contributed by atoms with Crippen molar-refractivity contribution in [1.82, 2.24) is 4.72 Å². The average Bonchev–Trinajstić information content (AvgIpc) is 2.36. The summed E-state index contributed by atoms with van der Waals surface area (Å²) in [5.41, 5.74) is 5.99. The average molecular weight is 292 g/mol. The number of halogens is 1. The Kier molecular flexibility index (Phi) is 5.58. The number of nitrogens with one attached hydrogen (secondary N) is 1. The summed E-state index contributed by atoms with van der Waals surface area (Å²) in [7, 11) is -3.82. The van der Waals surface area contributed by atoms with Gasteiger partial charge < -0.3 is 5.73 Å². The summed E-state index contributed by atoms with van der Waals surface area (Å²) >= 11 is 1.53. The standard InChI is InChI=1S/C11H17FN2O2S2/c1-8(17-2)7-14-18(15,16)11-5-9(6-13)3-4-10(11)12/h3-5,8,14H,6-7,13H2,1-2H3. The van der Waals surface area contributed by atoms with Crippen molar-refractivity contribution in [2.75, 3.05) is 12.8 Å². The van der Waals surface area contributed by atoms with Gasteiger partial charge in [0.1, 0.15) is 10.7 Å². The number of nitrogens with two attached hydrogens (primary N) is 1. The molecule has 0 aliphatic carbocycles. The largest absolute Gasteiger partial charge is 0.326 e. The molecule has 1 aromatic carbocycles. The molecule has 102 valence electrons. The first kappa shape index (κ1) is 15.4. The third kappa shape index (κ3) is 3.94. The Morgan fingerprint density at radius 2 is 2.17 bits per heavy atom. The number of benzene rings is 1. The first-order valence-electron chi connectivity index (χ1n) is 5.41. The fourth-order valence-electron chi connectivity index (χ4n) is 1.27. The van der Waals surface area contributed by atoms with Crippen LogP contribution in [-0.4, -0.2) is 26.5 Å². The minimum Gasteiger partial charge on any atom is -0.326 e. The molecule has 0 aliphatic rings. The Morgan fingerprint density at radius 3 is 2.72 bits per heavy atom. The second kappa shape index (κ2) is 6.51. The number of hydrogen-bond donors (Lipinski definition) is 2. The smallest absolute Gasteiger partial charge is 0.243 e. The molecular weight excluding hydrogens is 275 g/mol. The van der Waals surface area contributed by atoms with Crippen LogP contribution >= 0.6 is 11.8 Å². The SMILES string of the molecule is CSC(C)CNS(=O)(=O)c1cc(CN)ccc1F. The van der Waals surface area contributed by atoms with Crippen LogP contribution in [0.15, 0.2) is 23.1 Å². The maximum Gasteiger partial charge on any atom is 0.243 e.